The van der Waals surface area contributed by atoms with Crippen molar-refractivity contribution >= 4 is 11.9 Å². The second kappa shape index (κ2) is 10.9. The van der Waals surface area contributed by atoms with Crippen molar-refractivity contribution < 1.29 is 24.5 Å². The number of hydrogen-bond acceptors (Lipinski definition) is 4. The number of aryl methyl sites for hydroxylation is 2. The number of aliphatic carboxylic acids is 2. The molecule has 1 saturated heterocycles. The fourth-order valence-electron chi connectivity index (χ4n) is 4.07. The molecule has 6 nitrogen and oxygen atoms in total. The molecule has 0 unspecified atom stereocenters. The fraction of sp³-hybridized carbons (Fsp3) is 0.360. The highest BCUT2D eigenvalue weighted by molar-refractivity contribution is 5.89. The SMILES string of the molecule is CN1CCC(OC2c3ccccc3CCc3ccccc32)CC1.O=C(O)/C=C/C(=O)O. The second-order valence-electron chi connectivity index (χ2n) is 7.93. The Bertz CT molecular complexity index is 868. The van der Waals surface area contributed by atoms with Gasteiger partial charge >= 0.3 is 11.9 Å². The molecule has 164 valence electrons. The van der Waals surface area contributed by atoms with Gasteiger partial charge in [0, 0.05) is 25.2 Å². The van der Waals surface area contributed by atoms with Gasteiger partial charge in [-0.2, -0.15) is 0 Å². The first kappa shape index (κ1) is 22.7. The van der Waals surface area contributed by atoms with Crippen molar-refractivity contribution in [2.45, 2.75) is 37.9 Å². The number of likely N-dealkylation sites (tertiary alicyclic amines) is 1. The summed E-state index contributed by atoms with van der Waals surface area (Å²) < 4.78 is 6.69. The number of hydrogen-bond donors (Lipinski definition) is 2. The van der Waals surface area contributed by atoms with Crippen LogP contribution in [0.3, 0.4) is 0 Å². The minimum absolute atomic E-state index is 0.0957. The number of ether oxygens (including phenoxy) is 1. The van der Waals surface area contributed by atoms with Crippen LogP contribution in [0.1, 0.15) is 41.2 Å². The van der Waals surface area contributed by atoms with E-state index in [1.165, 1.54) is 22.3 Å². The first-order valence-electron chi connectivity index (χ1n) is 10.6. The zero-order chi connectivity index (χ0) is 22.2. The molecule has 4 rings (SSSR count). The summed E-state index contributed by atoms with van der Waals surface area (Å²) >= 11 is 0. The largest absolute Gasteiger partial charge is 0.478 e. The number of nitrogens with zero attached hydrogens (tertiary/aromatic N) is 1. The average Bonchev–Trinajstić information content (AvgIpc) is 2.92. The lowest BCUT2D eigenvalue weighted by Gasteiger charge is -2.32. The summed E-state index contributed by atoms with van der Waals surface area (Å²) in [6.07, 6.45) is 6.08. The van der Waals surface area contributed by atoms with Gasteiger partial charge < -0.3 is 19.8 Å². The van der Waals surface area contributed by atoms with E-state index in [1.807, 2.05) is 0 Å². The molecule has 1 aliphatic heterocycles. The van der Waals surface area contributed by atoms with E-state index in [4.69, 9.17) is 14.9 Å². The number of carbonyl (C=O) groups is 2. The number of benzene rings is 2. The minimum atomic E-state index is -1.26. The van der Waals surface area contributed by atoms with Crippen molar-refractivity contribution in [2.24, 2.45) is 0 Å². The number of fused-ring (bicyclic) bond motifs is 2. The lowest BCUT2D eigenvalue weighted by molar-refractivity contribution is -0.134. The fourth-order valence-corrected chi connectivity index (χ4v) is 4.07. The lowest BCUT2D eigenvalue weighted by atomic mass is 9.96. The van der Waals surface area contributed by atoms with Crippen molar-refractivity contribution in [3.63, 3.8) is 0 Å². The van der Waals surface area contributed by atoms with E-state index >= 15 is 0 Å². The van der Waals surface area contributed by atoms with Gasteiger partial charge in [0.05, 0.1) is 6.10 Å². The van der Waals surface area contributed by atoms with Crippen LogP contribution >= 0.6 is 0 Å². The molecular formula is C25H29NO5. The van der Waals surface area contributed by atoms with Gasteiger partial charge in [-0.1, -0.05) is 48.5 Å². The zero-order valence-corrected chi connectivity index (χ0v) is 17.7. The summed E-state index contributed by atoms with van der Waals surface area (Å²) in [6.45, 7) is 2.28. The van der Waals surface area contributed by atoms with Gasteiger partial charge in [-0.05, 0) is 55.0 Å². The lowest BCUT2D eigenvalue weighted by Crippen LogP contribution is -2.35. The summed E-state index contributed by atoms with van der Waals surface area (Å²) in [7, 11) is 2.20. The normalized spacial score (nSPS) is 17.2. The number of rotatable bonds is 4. The zero-order valence-electron chi connectivity index (χ0n) is 17.7. The highest BCUT2D eigenvalue weighted by Gasteiger charge is 2.28. The summed E-state index contributed by atoms with van der Waals surface area (Å²) in [5.74, 6) is -2.51. The molecule has 2 aromatic rings. The third kappa shape index (κ3) is 6.51. The molecule has 0 atom stereocenters. The van der Waals surface area contributed by atoms with Gasteiger partial charge in [-0.3, -0.25) is 0 Å². The van der Waals surface area contributed by atoms with Gasteiger partial charge in [0.1, 0.15) is 6.10 Å². The molecule has 0 amide bonds. The second-order valence-corrected chi connectivity index (χ2v) is 7.93. The Morgan fingerprint density at radius 2 is 1.32 bits per heavy atom. The number of carboxylic acid groups (broad SMARTS) is 2. The highest BCUT2D eigenvalue weighted by Crippen LogP contribution is 2.36. The molecule has 1 heterocycles. The molecule has 1 fully saturated rings. The monoisotopic (exact) mass is 423 g/mol. The van der Waals surface area contributed by atoms with Gasteiger partial charge in [0.2, 0.25) is 0 Å². The maximum atomic E-state index is 9.55. The highest BCUT2D eigenvalue weighted by atomic mass is 16.5. The molecule has 2 aliphatic rings. The molecule has 0 spiro atoms. The predicted molar refractivity (Wildman–Crippen MR) is 118 cm³/mol. The van der Waals surface area contributed by atoms with Crippen molar-refractivity contribution in [3.05, 3.63) is 82.9 Å². The Kier molecular flexibility index (Phi) is 7.98. The Morgan fingerprint density at radius 1 is 0.871 bits per heavy atom. The maximum Gasteiger partial charge on any atom is 0.328 e. The first-order valence-corrected chi connectivity index (χ1v) is 10.6. The van der Waals surface area contributed by atoms with Crippen LogP contribution in [0, 0.1) is 0 Å². The Balaban J connectivity index is 0.000000293. The molecule has 0 radical (unpaired) electrons. The van der Waals surface area contributed by atoms with Crippen LogP contribution in [0.5, 0.6) is 0 Å². The Morgan fingerprint density at radius 3 is 1.77 bits per heavy atom. The van der Waals surface area contributed by atoms with E-state index in [1.54, 1.807) is 0 Å². The Labute approximate surface area is 182 Å². The molecule has 6 heteroatoms. The van der Waals surface area contributed by atoms with Gasteiger partial charge in [-0.25, -0.2) is 9.59 Å². The van der Waals surface area contributed by atoms with E-state index < -0.39 is 11.9 Å². The molecule has 0 bridgehead atoms. The van der Waals surface area contributed by atoms with Crippen LogP contribution in [0.15, 0.2) is 60.7 Å². The van der Waals surface area contributed by atoms with Crippen LogP contribution in [0.4, 0.5) is 0 Å². The first-order chi connectivity index (χ1) is 14.9. The predicted octanol–water partition coefficient (Wildman–Crippen LogP) is 3.70. The summed E-state index contributed by atoms with van der Waals surface area (Å²) in [4.78, 5) is 21.5. The van der Waals surface area contributed by atoms with Crippen LogP contribution in [-0.4, -0.2) is 53.3 Å². The van der Waals surface area contributed by atoms with E-state index in [2.05, 4.69) is 60.5 Å². The molecule has 31 heavy (non-hydrogen) atoms. The van der Waals surface area contributed by atoms with Gasteiger partial charge in [0.15, 0.2) is 0 Å². The van der Waals surface area contributed by atoms with Crippen molar-refractivity contribution in [1.29, 1.82) is 0 Å². The summed E-state index contributed by atoms with van der Waals surface area (Å²) in [5, 5.41) is 15.6. The maximum absolute atomic E-state index is 9.55. The minimum Gasteiger partial charge on any atom is -0.478 e. The third-order valence-electron chi connectivity index (χ3n) is 5.70. The topological polar surface area (TPSA) is 87.1 Å². The molecule has 0 saturated carbocycles. The molecular weight excluding hydrogens is 394 g/mol. The summed E-state index contributed by atoms with van der Waals surface area (Å²) in [5.41, 5.74) is 5.64. The average molecular weight is 424 g/mol. The quantitative estimate of drug-likeness (QED) is 0.730. The van der Waals surface area contributed by atoms with Crippen LogP contribution in [0.25, 0.3) is 0 Å². The molecule has 1 aliphatic carbocycles. The Hall–Kier alpha value is -2.96. The standard InChI is InChI=1S/C21H25NO.C4H4O4/c1-22-14-12-18(13-15-22)23-21-19-8-4-2-6-16(19)10-11-17-7-3-5-9-20(17)21;5-3(6)1-2-4(7)8/h2-9,18,21H,10-15H2,1H3;1-2H,(H,5,6)(H,7,8)/b;2-1+. The van der Waals surface area contributed by atoms with Crippen molar-refractivity contribution in [3.8, 4) is 0 Å². The number of carboxylic acids is 2. The van der Waals surface area contributed by atoms with E-state index in [9.17, 15) is 9.59 Å². The van der Waals surface area contributed by atoms with E-state index in [-0.39, 0.29) is 6.10 Å². The van der Waals surface area contributed by atoms with Gasteiger partial charge in [-0.15, -0.1) is 0 Å². The van der Waals surface area contributed by atoms with Crippen LogP contribution in [0.2, 0.25) is 0 Å². The van der Waals surface area contributed by atoms with E-state index in [0.717, 1.165) is 38.8 Å². The van der Waals surface area contributed by atoms with E-state index in [0.29, 0.717) is 18.3 Å². The third-order valence-corrected chi connectivity index (χ3v) is 5.70. The summed E-state index contributed by atoms with van der Waals surface area (Å²) in [6, 6.07) is 17.7. The molecule has 2 N–H and O–H groups in total. The molecule has 2 aromatic carbocycles. The van der Waals surface area contributed by atoms with Crippen molar-refractivity contribution in [1.82, 2.24) is 4.90 Å². The van der Waals surface area contributed by atoms with Crippen molar-refractivity contribution in [2.75, 3.05) is 20.1 Å². The van der Waals surface area contributed by atoms with Crippen LogP contribution in [-0.2, 0) is 27.2 Å². The van der Waals surface area contributed by atoms with Crippen LogP contribution < -0.4 is 0 Å². The van der Waals surface area contributed by atoms with Gasteiger partial charge in [0.25, 0.3) is 0 Å². The number of piperidine rings is 1. The smallest absolute Gasteiger partial charge is 0.328 e. The molecule has 0 aromatic heterocycles.